The van der Waals surface area contributed by atoms with Crippen LogP contribution in [-0.4, -0.2) is 28.4 Å². The minimum atomic E-state index is -1.36. The van der Waals surface area contributed by atoms with Crippen LogP contribution in [-0.2, 0) is 9.59 Å². The molecule has 0 unspecified atom stereocenters. The minimum Gasteiger partial charge on any atom is -0.478 e. The summed E-state index contributed by atoms with van der Waals surface area (Å²) in [6.45, 7) is 0. The Bertz CT molecular complexity index is 293. The first-order valence-corrected chi connectivity index (χ1v) is 2.88. The van der Waals surface area contributed by atoms with E-state index in [0.717, 1.165) is 6.21 Å². The Kier molecular flexibility index (Phi) is 1.95. The largest absolute Gasteiger partial charge is 0.478 e. The number of carboxylic acids is 2. The van der Waals surface area contributed by atoms with Gasteiger partial charge in [0.15, 0.2) is 5.70 Å². The number of hydrogen-bond donors (Lipinski definition) is 4. The third kappa shape index (κ3) is 1.34. The highest BCUT2D eigenvalue weighted by molar-refractivity contribution is 6.14. The molecule has 7 heteroatoms. The zero-order chi connectivity index (χ0) is 9.14. The van der Waals surface area contributed by atoms with Crippen molar-refractivity contribution in [1.82, 2.24) is 11.0 Å². The van der Waals surface area contributed by atoms with Gasteiger partial charge in [0, 0.05) is 0 Å². The molecule has 0 aromatic rings. The van der Waals surface area contributed by atoms with Crippen LogP contribution in [0.25, 0.3) is 0 Å². The fourth-order valence-electron chi connectivity index (χ4n) is 0.648. The maximum atomic E-state index is 10.4. The highest BCUT2D eigenvalue weighted by atomic mass is 16.4. The summed E-state index contributed by atoms with van der Waals surface area (Å²) in [6, 6.07) is 0. The first-order valence-electron chi connectivity index (χ1n) is 2.88. The topological polar surface area (TPSA) is 111 Å². The number of aliphatic carboxylic acids is 2. The van der Waals surface area contributed by atoms with Crippen molar-refractivity contribution in [1.29, 1.82) is 0 Å². The summed E-state index contributed by atoms with van der Waals surface area (Å²) in [5.41, 5.74) is 3.40. The standard InChI is InChI=1S/C5H5N3O4/c9-4(10)2-1-6-8-7-3(2)5(11)12/h1,7-8H,(H,9,10)(H,11,12). The van der Waals surface area contributed by atoms with Gasteiger partial charge in [-0.25, -0.2) is 15.1 Å². The Morgan fingerprint density at radius 2 is 2.00 bits per heavy atom. The molecule has 0 saturated heterocycles. The van der Waals surface area contributed by atoms with Gasteiger partial charge in [0.2, 0.25) is 0 Å². The summed E-state index contributed by atoms with van der Waals surface area (Å²) in [5.74, 6) is -2.70. The number of rotatable bonds is 2. The van der Waals surface area contributed by atoms with Gasteiger partial charge in [-0.15, -0.1) is 0 Å². The summed E-state index contributed by atoms with van der Waals surface area (Å²) >= 11 is 0. The second kappa shape index (κ2) is 2.91. The van der Waals surface area contributed by atoms with E-state index in [9.17, 15) is 9.59 Å². The second-order valence-electron chi connectivity index (χ2n) is 1.89. The second-order valence-corrected chi connectivity index (χ2v) is 1.89. The van der Waals surface area contributed by atoms with Crippen LogP contribution in [0.4, 0.5) is 0 Å². The molecule has 1 rings (SSSR count). The Hall–Kier alpha value is -2.05. The molecule has 7 nitrogen and oxygen atoms in total. The van der Waals surface area contributed by atoms with E-state index in [1.54, 1.807) is 0 Å². The predicted octanol–water partition coefficient (Wildman–Crippen LogP) is -1.50. The quantitative estimate of drug-likeness (QED) is 0.402. The van der Waals surface area contributed by atoms with Crippen LogP contribution in [0.3, 0.4) is 0 Å². The molecule has 4 N–H and O–H groups in total. The summed E-state index contributed by atoms with van der Waals surface area (Å²) in [5, 5.41) is 20.3. The molecule has 0 radical (unpaired) electrons. The summed E-state index contributed by atoms with van der Waals surface area (Å²) < 4.78 is 0. The SMILES string of the molecule is O=C(O)C1=C(C(=O)O)NNN=C1. The molecule has 0 bridgehead atoms. The third-order valence-corrected chi connectivity index (χ3v) is 1.15. The number of carbonyl (C=O) groups is 2. The average molecular weight is 171 g/mol. The maximum absolute atomic E-state index is 10.4. The minimum absolute atomic E-state index is 0.388. The molecular weight excluding hydrogens is 166 g/mol. The van der Waals surface area contributed by atoms with Gasteiger partial charge in [-0.2, -0.15) is 5.10 Å². The van der Waals surface area contributed by atoms with Gasteiger partial charge >= 0.3 is 11.9 Å². The molecule has 0 aromatic carbocycles. The molecule has 0 aromatic heterocycles. The van der Waals surface area contributed by atoms with E-state index in [-0.39, 0.29) is 5.57 Å². The molecule has 1 heterocycles. The van der Waals surface area contributed by atoms with Crippen molar-refractivity contribution in [2.75, 3.05) is 0 Å². The van der Waals surface area contributed by atoms with Gasteiger partial charge in [-0.05, 0) is 0 Å². The van der Waals surface area contributed by atoms with E-state index >= 15 is 0 Å². The molecular formula is C5H5N3O4. The van der Waals surface area contributed by atoms with E-state index in [1.165, 1.54) is 0 Å². The van der Waals surface area contributed by atoms with Gasteiger partial charge in [0.05, 0.1) is 6.21 Å². The fourth-order valence-corrected chi connectivity index (χ4v) is 0.648. The Balaban J connectivity index is 3.08. The van der Waals surface area contributed by atoms with Crippen molar-refractivity contribution in [2.45, 2.75) is 0 Å². The van der Waals surface area contributed by atoms with Crippen molar-refractivity contribution in [3.63, 3.8) is 0 Å². The Morgan fingerprint density at radius 1 is 1.33 bits per heavy atom. The van der Waals surface area contributed by atoms with Gasteiger partial charge in [-0.3, -0.25) is 5.43 Å². The first kappa shape index (κ1) is 8.05. The Labute approximate surface area is 66.4 Å². The number of hydrazine groups is 1. The molecule has 1 aliphatic rings. The zero-order valence-electron chi connectivity index (χ0n) is 5.74. The number of carboxylic acid groups (broad SMARTS) is 2. The highest BCUT2D eigenvalue weighted by Gasteiger charge is 2.20. The van der Waals surface area contributed by atoms with Crippen LogP contribution in [0.1, 0.15) is 0 Å². The van der Waals surface area contributed by atoms with Gasteiger partial charge in [-0.1, -0.05) is 0 Å². The summed E-state index contributed by atoms with van der Waals surface area (Å²) in [6.07, 6.45) is 0.919. The van der Waals surface area contributed by atoms with Crippen molar-refractivity contribution in [3.8, 4) is 0 Å². The molecule has 0 spiro atoms. The van der Waals surface area contributed by atoms with Gasteiger partial charge < -0.3 is 10.2 Å². The molecule has 0 atom stereocenters. The van der Waals surface area contributed by atoms with Gasteiger partial charge in [0.1, 0.15) is 5.57 Å². The van der Waals surface area contributed by atoms with Crippen molar-refractivity contribution < 1.29 is 19.8 Å². The number of hydrazone groups is 1. The van der Waals surface area contributed by atoms with Crippen molar-refractivity contribution in [3.05, 3.63) is 11.3 Å². The van der Waals surface area contributed by atoms with E-state index in [2.05, 4.69) is 16.1 Å². The van der Waals surface area contributed by atoms with Crippen LogP contribution in [0, 0.1) is 0 Å². The monoisotopic (exact) mass is 171 g/mol. The van der Waals surface area contributed by atoms with Crippen LogP contribution in [0.5, 0.6) is 0 Å². The number of hydrogen-bond acceptors (Lipinski definition) is 5. The smallest absolute Gasteiger partial charge is 0.354 e. The van der Waals surface area contributed by atoms with Crippen LogP contribution >= 0.6 is 0 Å². The molecule has 0 aliphatic carbocycles. The van der Waals surface area contributed by atoms with E-state index < -0.39 is 17.6 Å². The van der Waals surface area contributed by atoms with E-state index in [4.69, 9.17) is 10.2 Å². The third-order valence-electron chi connectivity index (χ3n) is 1.15. The average Bonchev–Trinajstić information content (AvgIpc) is 2.04. The molecule has 0 saturated carbocycles. The lowest BCUT2D eigenvalue weighted by atomic mass is 10.2. The normalized spacial score (nSPS) is 15.0. The van der Waals surface area contributed by atoms with E-state index in [1.807, 2.05) is 0 Å². The summed E-state index contributed by atoms with van der Waals surface area (Å²) in [7, 11) is 0. The first-order chi connectivity index (χ1) is 5.63. The number of nitrogens with one attached hydrogen (secondary N) is 2. The zero-order valence-corrected chi connectivity index (χ0v) is 5.74. The van der Waals surface area contributed by atoms with Gasteiger partial charge in [0.25, 0.3) is 0 Å². The number of nitrogens with zero attached hydrogens (tertiary/aromatic N) is 1. The molecule has 64 valence electrons. The van der Waals surface area contributed by atoms with Crippen molar-refractivity contribution >= 4 is 18.2 Å². The van der Waals surface area contributed by atoms with Crippen LogP contribution < -0.4 is 11.0 Å². The predicted molar refractivity (Wildman–Crippen MR) is 37.1 cm³/mol. The van der Waals surface area contributed by atoms with Crippen LogP contribution in [0.2, 0.25) is 0 Å². The van der Waals surface area contributed by atoms with E-state index in [0.29, 0.717) is 0 Å². The van der Waals surface area contributed by atoms with Crippen molar-refractivity contribution in [2.24, 2.45) is 5.10 Å². The molecule has 0 amide bonds. The Morgan fingerprint density at radius 3 is 2.42 bits per heavy atom. The maximum Gasteiger partial charge on any atom is 0.354 e. The molecule has 12 heavy (non-hydrogen) atoms. The highest BCUT2D eigenvalue weighted by Crippen LogP contribution is 2.01. The lowest BCUT2D eigenvalue weighted by molar-refractivity contribution is -0.136. The lowest BCUT2D eigenvalue weighted by Gasteiger charge is -2.11. The lowest BCUT2D eigenvalue weighted by Crippen LogP contribution is -2.36. The van der Waals surface area contributed by atoms with Crippen LogP contribution in [0.15, 0.2) is 16.4 Å². The molecule has 0 fully saturated rings. The fraction of sp³-hybridized carbons (Fsp3) is 0. The summed E-state index contributed by atoms with van der Waals surface area (Å²) in [4.78, 5) is 20.8. The molecule has 1 aliphatic heterocycles.